The van der Waals surface area contributed by atoms with E-state index in [-0.39, 0.29) is 11.7 Å². The smallest absolute Gasteiger partial charge is 0.410 e. The molecule has 0 saturated carbocycles. The first-order chi connectivity index (χ1) is 20.5. The molecule has 4 aromatic rings. The number of ether oxygens (including phenoxy) is 3. The number of anilines is 2. The molecule has 8 nitrogen and oxygen atoms in total. The van der Waals surface area contributed by atoms with E-state index in [1.54, 1.807) is 7.11 Å². The number of hydrogen-bond acceptors (Lipinski definition) is 7. The summed E-state index contributed by atoms with van der Waals surface area (Å²) in [6.07, 6.45) is 4.21. The van der Waals surface area contributed by atoms with Crippen molar-refractivity contribution in [3.63, 3.8) is 0 Å². The number of nitrogens with zero attached hydrogens (tertiary/aromatic N) is 3. The van der Waals surface area contributed by atoms with E-state index in [0.717, 1.165) is 58.5 Å². The third-order valence-electron chi connectivity index (χ3n) is 8.12. The molecule has 1 amide bonds. The fourth-order valence-electron chi connectivity index (χ4n) is 6.18. The van der Waals surface area contributed by atoms with Gasteiger partial charge in [-0.15, -0.1) is 0 Å². The standard InChI is InChI=1S/C35H40N4O4/c1-34(2,3)43-33(40)39-18-16-22(17-19-39)24-14-15-28(31-27(24)20-35(4,5)42-31)37-32-36-21-23-10-9-12-26(30(23)38-32)25-11-7-8-13-29(25)41-6/h7-15,21-22H,16-20H2,1-6H3,(H,36,37,38). The maximum Gasteiger partial charge on any atom is 0.410 e. The Bertz CT molecular complexity index is 1670. The van der Waals surface area contributed by atoms with Crippen LogP contribution in [0.25, 0.3) is 22.0 Å². The number of benzene rings is 3. The first-order valence-corrected chi connectivity index (χ1v) is 15.0. The molecule has 224 valence electrons. The van der Waals surface area contributed by atoms with Crippen molar-refractivity contribution in [3.8, 4) is 22.6 Å². The van der Waals surface area contributed by atoms with Crippen LogP contribution in [0, 0.1) is 0 Å². The number of carbonyl (C=O) groups excluding carboxylic acids is 1. The van der Waals surface area contributed by atoms with Crippen molar-refractivity contribution >= 4 is 28.6 Å². The van der Waals surface area contributed by atoms with Crippen LogP contribution in [0.4, 0.5) is 16.4 Å². The van der Waals surface area contributed by atoms with Crippen molar-refractivity contribution in [2.24, 2.45) is 0 Å². The summed E-state index contributed by atoms with van der Waals surface area (Å²) >= 11 is 0. The zero-order valence-electron chi connectivity index (χ0n) is 25.9. The molecule has 8 heteroatoms. The molecule has 0 radical (unpaired) electrons. The predicted octanol–water partition coefficient (Wildman–Crippen LogP) is 7.88. The number of rotatable bonds is 5. The van der Waals surface area contributed by atoms with Crippen molar-refractivity contribution in [3.05, 3.63) is 71.9 Å². The van der Waals surface area contributed by atoms with Gasteiger partial charge in [0.15, 0.2) is 0 Å². The Morgan fingerprint density at radius 1 is 1.02 bits per heavy atom. The molecule has 1 saturated heterocycles. The van der Waals surface area contributed by atoms with E-state index in [1.807, 2.05) is 68.3 Å². The lowest BCUT2D eigenvalue weighted by Gasteiger charge is -2.34. The number of aromatic nitrogens is 2. The monoisotopic (exact) mass is 580 g/mol. The Balaban J connectivity index is 1.28. The van der Waals surface area contributed by atoms with Gasteiger partial charge in [-0.25, -0.2) is 14.8 Å². The summed E-state index contributed by atoms with van der Waals surface area (Å²) in [5.74, 6) is 2.51. The average molecular weight is 581 g/mol. The van der Waals surface area contributed by atoms with Crippen LogP contribution in [0.15, 0.2) is 60.8 Å². The Kier molecular flexibility index (Phi) is 7.40. The van der Waals surface area contributed by atoms with E-state index < -0.39 is 5.60 Å². The molecule has 1 fully saturated rings. The van der Waals surface area contributed by atoms with Crippen LogP contribution in [0.3, 0.4) is 0 Å². The second-order valence-corrected chi connectivity index (χ2v) is 13.1. The number of amides is 1. The van der Waals surface area contributed by atoms with Crippen molar-refractivity contribution in [1.82, 2.24) is 14.9 Å². The maximum atomic E-state index is 12.6. The highest BCUT2D eigenvalue weighted by Gasteiger charge is 2.37. The molecule has 0 bridgehead atoms. The van der Waals surface area contributed by atoms with Gasteiger partial charge < -0.3 is 24.4 Å². The Morgan fingerprint density at radius 3 is 2.51 bits per heavy atom. The summed E-state index contributed by atoms with van der Waals surface area (Å²) in [6, 6.07) is 18.3. The van der Waals surface area contributed by atoms with E-state index in [9.17, 15) is 4.79 Å². The molecule has 0 atom stereocenters. The summed E-state index contributed by atoms with van der Waals surface area (Å²) in [4.78, 5) is 24.1. The highest BCUT2D eigenvalue weighted by atomic mass is 16.6. The largest absolute Gasteiger partial charge is 0.496 e. The maximum absolute atomic E-state index is 12.6. The van der Waals surface area contributed by atoms with E-state index in [1.165, 1.54) is 11.1 Å². The molecular formula is C35H40N4O4. The molecular weight excluding hydrogens is 540 g/mol. The molecule has 0 unspecified atom stereocenters. The minimum absolute atomic E-state index is 0.232. The Labute approximate surface area is 253 Å². The number of piperidine rings is 1. The van der Waals surface area contributed by atoms with Crippen molar-refractivity contribution in [1.29, 1.82) is 0 Å². The van der Waals surface area contributed by atoms with E-state index in [4.69, 9.17) is 19.2 Å². The van der Waals surface area contributed by atoms with E-state index in [0.29, 0.717) is 25.0 Å². The normalized spacial score (nSPS) is 16.5. The Morgan fingerprint density at radius 2 is 1.77 bits per heavy atom. The molecule has 3 heterocycles. The van der Waals surface area contributed by atoms with Crippen LogP contribution in [-0.2, 0) is 11.2 Å². The summed E-state index contributed by atoms with van der Waals surface area (Å²) < 4.78 is 17.8. The van der Waals surface area contributed by atoms with Crippen LogP contribution >= 0.6 is 0 Å². The summed E-state index contributed by atoms with van der Waals surface area (Å²) in [5, 5.41) is 4.42. The third kappa shape index (κ3) is 5.96. The highest BCUT2D eigenvalue weighted by Crippen LogP contribution is 2.47. The van der Waals surface area contributed by atoms with Gasteiger partial charge in [-0.3, -0.25) is 0 Å². The lowest BCUT2D eigenvalue weighted by atomic mass is 9.84. The molecule has 0 aliphatic carbocycles. The van der Waals surface area contributed by atoms with Gasteiger partial charge in [0.25, 0.3) is 0 Å². The molecule has 43 heavy (non-hydrogen) atoms. The number of likely N-dealkylation sites (tertiary alicyclic amines) is 1. The van der Waals surface area contributed by atoms with Gasteiger partial charge in [-0.05, 0) is 71.1 Å². The fourth-order valence-corrected chi connectivity index (χ4v) is 6.18. The van der Waals surface area contributed by atoms with Gasteiger partial charge in [0.1, 0.15) is 22.7 Å². The average Bonchev–Trinajstić information content (AvgIpc) is 3.31. The third-order valence-corrected chi connectivity index (χ3v) is 8.12. The van der Waals surface area contributed by atoms with Gasteiger partial charge in [-0.2, -0.15) is 0 Å². The number of methoxy groups -OCH3 is 1. The summed E-state index contributed by atoms with van der Waals surface area (Å²) in [6.45, 7) is 11.3. The van der Waals surface area contributed by atoms with Crippen molar-refractivity contribution < 1.29 is 19.0 Å². The second-order valence-electron chi connectivity index (χ2n) is 13.1. The van der Waals surface area contributed by atoms with E-state index in [2.05, 4.69) is 42.3 Å². The quantitative estimate of drug-likeness (QED) is 0.257. The molecule has 2 aliphatic rings. The van der Waals surface area contributed by atoms with Gasteiger partial charge in [0.2, 0.25) is 5.95 Å². The lowest BCUT2D eigenvalue weighted by molar-refractivity contribution is 0.0204. The summed E-state index contributed by atoms with van der Waals surface area (Å²) in [5.41, 5.74) is 5.36. The predicted molar refractivity (Wildman–Crippen MR) is 169 cm³/mol. The second kappa shape index (κ2) is 11.1. The minimum atomic E-state index is -0.495. The molecule has 1 aromatic heterocycles. The minimum Gasteiger partial charge on any atom is -0.496 e. The lowest BCUT2D eigenvalue weighted by Crippen LogP contribution is -2.41. The molecule has 3 aromatic carbocycles. The molecule has 6 rings (SSSR count). The number of fused-ring (bicyclic) bond motifs is 2. The van der Waals surface area contributed by atoms with Crippen LogP contribution in [0.1, 0.15) is 64.5 Å². The van der Waals surface area contributed by atoms with Crippen LogP contribution in [0.2, 0.25) is 0 Å². The van der Waals surface area contributed by atoms with Gasteiger partial charge in [0, 0.05) is 47.8 Å². The van der Waals surface area contributed by atoms with Gasteiger partial charge in [0.05, 0.1) is 18.3 Å². The molecule has 1 N–H and O–H groups in total. The van der Waals surface area contributed by atoms with Crippen LogP contribution < -0.4 is 14.8 Å². The Hall–Kier alpha value is -4.33. The fraction of sp³-hybridized carbons (Fsp3) is 0.400. The van der Waals surface area contributed by atoms with Crippen LogP contribution in [-0.4, -0.2) is 52.4 Å². The van der Waals surface area contributed by atoms with Crippen molar-refractivity contribution in [2.75, 3.05) is 25.5 Å². The SMILES string of the molecule is COc1ccccc1-c1cccc2cnc(Nc3ccc(C4CCN(C(=O)OC(C)(C)C)CC4)c4c3OC(C)(C)C4)nc12. The van der Waals surface area contributed by atoms with Crippen LogP contribution in [0.5, 0.6) is 11.5 Å². The van der Waals surface area contributed by atoms with Crippen molar-refractivity contribution in [2.45, 2.75) is 71.0 Å². The number of carbonyl (C=O) groups is 1. The number of nitrogens with one attached hydrogen (secondary N) is 1. The van der Waals surface area contributed by atoms with E-state index >= 15 is 0 Å². The first-order valence-electron chi connectivity index (χ1n) is 15.0. The number of hydrogen-bond donors (Lipinski definition) is 1. The first kappa shape index (κ1) is 28.8. The number of para-hydroxylation sites is 2. The highest BCUT2D eigenvalue weighted by molar-refractivity contribution is 5.95. The van der Waals surface area contributed by atoms with Gasteiger partial charge in [-0.1, -0.05) is 42.5 Å². The zero-order chi connectivity index (χ0) is 30.4. The summed E-state index contributed by atoms with van der Waals surface area (Å²) in [7, 11) is 1.68. The molecule has 2 aliphatic heterocycles. The topological polar surface area (TPSA) is 85.8 Å². The zero-order valence-corrected chi connectivity index (χ0v) is 25.9. The molecule has 0 spiro atoms. The van der Waals surface area contributed by atoms with Gasteiger partial charge >= 0.3 is 6.09 Å².